The van der Waals surface area contributed by atoms with Crippen molar-refractivity contribution < 1.29 is 44.9 Å². The van der Waals surface area contributed by atoms with Crippen LogP contribution >= 0.6 is 0 Å². The van der Waals surface area contributed by atoms with Crippen LogP contribution in [0.4, 0.5) is 4.39 Å². The molecule has 15 heavy (non-hydrogen) atoms. The highest BCUT2D eigenvalue weighted by Gasteiger charge is 2.51. The average molecular weight is 230 g/mol. The first-order valence-corrected chi connectivity index (χ1v) is 3.71. The van der Waals surface area contributed by atoms with Gasteiger partial charge in [0.25, 0.3) is 0 Å². The Kier molecular flexibility index (Phi) is 5.17. The number of halogens is 1. The van der Waals surface area contributed by atoms with Crippen LogP contribution in [0.5, 0.6) is 0 Å². The van der Waals surface area contributed by atoms with E-state index in [1.165, 1.54) is 0 Å². The van der Waals surface area contributed by atoms with Crippen LogP contribution in [0.3, 0.4) is 0 Å². The summed E-state index contributed by atoms with van der Waals surface area (Å²) >= 11 is 0. The van der Waals surface area contributed by atoms with Gasteiger partial charge in [-0.25, -0.2) is 5.26 Å². The predicted molar refractivity (Wildman–Crippen MR) is 39.9 cm³/mol. The lowest BCUT2D eigenvalue weighted by Gasteiger charge is -2.29. The number of hydrogen-bond acceptors (Lipinski definition) is 8. The molecule has 4 atom stereocenters. The summed E-state index contributed by atoms with van der Waals surface area (Å²) < 4.78 is 12.1. The molecule has 0 saturated carbocycles. The topological polar surface area (TPSA) is 148 Å². The van der Waals surface area contributed by atoms with E-state index in [1.807, 2.05) is 0 Å². The molecule has 0 bridgehead atoms. The molecular weight excluding hydrogens is 219 g/mol. The Morgan fingerprint density at radius 3 is 2.13 bits per heavy atom. The number of rotatable bonds is 6. The van der Waals surface area contributed by atoms with Crippen molar-refractivity contribution in [1.82, 2.24) is 0 Å². The van der Waals surface area contributed by atoms with E-state index in [4.69, 9.17) is 30.8 Å². The van der Waals surface area contributed by atoms with Crippen LogP contribution in [-0.4, -0.2) is 67.5 Å². The van der Waals surface area contributed by atoms with E-state index >= 15 is 0 Å². The van der Waals surface area contributed by atoms with Crippen molar-refractivity contribution in [3.63, 3.8) is 0 Å². The average Bonchev–Trinajstić information content (AvgIpc) is 2.24. The lowest BCUT2D eigenvalue weighted by atomic mass is 10.0. The van der Waals surface area contributed by atoms with Crippen LogP contribution in [0, 0.1) is 0 Å². The van der Waals surface area contributed by atoms with E-state index < -0.39 is 36.7 Å². The van der Waals surface area contributed by atoms with Gasteiger partial charge in [0, 0.05) is 0 Å². The van der Waals surface area contributed by atoms with Gasteiger partial charge in [0.05, 0.1) is 6.61 Å². The molecule has 0 aliphatic carbocycles. The van der Waals surface area contributed by atoms with Gasteiger partial charge in [-0.1, -0.05) is 0 Å². The Balaban J connectivity index is 4.79. The minimum absolute atomic E-state index is 1.03. The molecule has 0 amide bonds. The Labute approximate surface area is 82.7 Å². The first-order chi connectivity index (χ1) is 6.81. The van der Waals surface area contributed by atoms with Gasteiger partial charge in [-0.2, -0.15) is 9.28 Å². The Morgan fingerprint density at radius 1 is 1.40 bits per heavy atom. The summed E-state index contributed by atoms with van der Waals surface area (Å²) in [6.07, 6.45) is -6.94. The van der Waals surface area contributed by atoms with Crippen LogP contribution < -0.4 is 0 Å². The molecule has 0 aliphatic rings. The quantitative estimate of drug-likeness (QED) is 0.120. The number of aliphatic hydroxyl groups excluding tert-OH is 4. The zero-order valence-electron chi connectivity index (χ0n) is 7.32. The van der Waals surface area contributed by atoms with Crippen LogP contribution in [0.15, 0.2) is 0 Å². The fraction of sp³-hybridized carbons (Fsp3) is 0.833. The SMILES string of the molecule is O=C(F)[C@@](O)(OO)[C@@H](O)[C@H](O)[C@H](O)CO. The van der Waals surface area contributed by atoms with Crippen molar-refractivity contribution in [3.8, 4) is 0 Å². The fourth-order valence-electron chi connectivity index (χ4n) is 0.756. The summed E-state index contributed by atoms with van der Waals surface area (Å²) in [5.74, 6) is -3.71. The van der Waals surface area contributed by atoms with Crippen LogP contribution in [0.25, 0.3) is 0 Å². The summed E-state index contributed by atoms with van der Waals surface area (Å²) in [7, 11) is 0. The summed E-state index contributed by atoms with van der Waals surface area (Å²) in [4.78, 5) is 13.1. The summed E-state index contributed by atoms with van der Waals surface area (Å²) in [5.41, 5.74) is 0. The standard InChI is InChI=1S/C6H11FO8/c7-5(12)6(13,15-14)4(11)3(10)2(9)1-8/h2-4,8-11,13-14H,1H2/t2-,3-,4+,6+/m1/s1. The molecule has 9 heteroatoms. The molecular formula is C6H11FO8. The largest absolute Gasteiger partial charge is 0.394 e. The molecule has 0 rings (SSSR count). The maximum atomic E-state index is 12.1. The molecule has 6 N–H and O–H groups in total. The molecule has 0 aliphatic heterocycles. The highest BCUT2D eigenvalue weighted by atomic mass is 19.1. The van der Waals surface area contributed by atoms with Crippen molar-refractivity contribution in [3.05, 3.63) is 0 Å². The van der Waals surface area contributed by atoms with Gasteiger partial charge >= 0.3 is 11.8 Å². The van der Waals surface area contributed by atoms with Gasteiger partial charge in [-0.05, 0) is 0 Å². The predicted octanol–water partition coefficient (Wildman–Crippen LogP) is -3.26. The molecule has 8 nitrogen and oxygen atoms in total. The zero-order chi connectivity index (χ0) is 12.2. The Bertz CT molecular complexity index is 223. The molecule has 0 aromatic carbocycles. The molecule has 0 saturated heterocycles. The third kappa shape index (κ3) is 2.89. The van der Waals surface area contributed by atoms with Crippen LogP contribution in [0.1, 0.15) is 0 Å². The van der Waals surface area contributed by atoms with E-state index in [0.29, 0.717) is 0 Å². The smallest absolute Gasteiger partial charge is 0.366 e. The van der Waals surface area contributed by atoms with E-state index in [0.717, 1.165) is 0 Å². The van der Waals surface area contributed by atoms with Crippen LogP contribution in [-0.2, 0) is 9.68 Å². The normalized spacial score (nSPS) is 21.5. The zero-order valence-corrected chi connectivity index (χ0v) is 7.32. The van der Waals surface area contributed by atoms with E-state index in [-0.39, 0.29) is 0 Å². The van der Waals surface area contributed by atoms with Gasteiger partial charge in [0.2, 0.25) is 0 Å². The first kappa shape index (κ1) is 14.3. The molecule has 0 unspecified atom stereocenters. The third-order valence-electron chi connectivity index (χ3n) is 1.73. The molecule has 0 heterocycles. The number of aliphatic hydroxyl groups is 5. The third-order valence-corrected chi connectivity index (χ3v) is 1.73. The van der Waals surface area contributed by atoms with Crippen LogP contribution in [0.2, 0.25) is 0 Å². The van der Waals surface area contributed by atoms with Gasteiger partial charge in [-0.15, -0.1) is 0 Å². The molecule has 90 valence electrons. The summed E-state index contributed by atoms with van der Waals surface area (Å²) in [6, 6.07) is -2.68. The highest BCUT2D eigenvalue weighted by Crippen LogP contribution is 2.18. The van der Waals surface area contributed by atoms with E-state index in [2.05, 4.69) is 4.89 Å². The van der Waals surface area contributed by atoms with Crippen molar-refractivity contribution in [2.75, 3.05) is 6.61 Å². The maximum absolute atomic E-state index is 12.1. The first-order valence-electron chi connectivity index (χ1n) is 3.71. The van der Waals surface area contributed by atoms with Crippen molar-refractivity contribution >= 4 is 6.04 Å². The number of hydrogen-bond donors (Lipinski definition) is 6. The molecule has 0 aromatic rings. The molecule has 0 spiro atoms. The minimum atomic E-state index is -3.71. The van der Waals surface area contributed by atoms with Gasteiger partial charge in [-0.3, -0.25) is 4.79 Å². The number of carbonyl (C=O) groups excluding carboxylic acids is 1. The second kappa shape index (κ2) is 5.42. The molecule has 0 aromatic heterocycles. The lowest BCUT2D eigenvalue weighted by Crippen LogP contribution is -2.58. The molecule has 0 radical (unpaired) electrons. The fourth-order valence-corrected chi connectivity index (χ4v) is 0.756. The molecule has 0 fully saturated rings. The van der Waals surface area contributed by atoms with Crippen molar-refractivity contribution in [2.45, 2.75) is 24.1 Å². The highest BCUT2D eigenvalue weighted by molar-refractivity contribution is 5.77. The van der Waals surface area contributed by atoms with Crippen molar-refractivity contribution in [2.24, 2.45) is 0 Å². The van der Waals surface area contributed by atoms with Gasteiger partial charge in [0.15, 0.2) is 0 Å². The van der Waals surface area contributed by atoms with Gasteiger partial charge < -0.3 is 25.5 Å². The Morgan fingerprint density at radius 2 is 1.87 bits per heavy atom. The Hall–Kier alpha value is -0.680. The lowest BCUT2D eigenvalue weighted by molar-refractivity contribution is -0.405. The van der Waals surface area contributed by atoms with E-state index in [1.54, 1.807) is 0 Å². The number of carbonyl (C=O) groups is 1. The monoisotopic (exact) mass is 230 g/mol. The minimum Gasteiger partial charge on any atom is -0.394 e. The van der Waals surface area contributed by atoms with Gasteiger partial charge in [0.1, 0.15) is 18.3 Å². The second-order valence-corrected chi connectivity index (χ2v) is 2.75. The maximum Gasteiger partial charge on any atom is 0.366 e. The van der Waals surface area contributed by atoms with Crippen molar-refractivity contribution in [1.29, 1.82) is 0 Å². The summed E-state index contributed by atoms with van der Waals surface area (Å²) in [5, 5.41) is 52.0. The summed E-state index contributed by atoms with van der Waals surface area (Å²) in [6.45, 7) is -1.03. The second-order valence-electron chi connectivity index (χ2n) is 2.75. The van der Waals surface area contributed by atoms with E-state index in [9.17, 15) is 9.18 Å².